The van der Waals surface area contributed by atoms with Crippen LogP contribution in [0.3, 0.4) is 0 Å². The predicted octanol–water partition coefficient (Wildman–Crippen LogP) is 3.87. The second-order valence-electron chi connectivity index (χ2n) is 5.17. The first-order valence-corrected chi connectivity index (χ1v) is 7.26. The zero-order valence-corrected chi connectivity index (χ0v) is 13.4. The van der Waals surface area contributed by atoms with Crippen LogP contribution in [-0.2, 0) is 4.79 Å². The van der Waals surface area contributed by atoms with Gasteiger partial charge in [0, 0.05) is 6.08 Å². The first-order chi connectivity index (χ1) is 10.5. The average molecular weight is 295 g/mol. The Kier molecular flexibility index (Phi) is 4.94. The Labute approximate surface area is 131 Å². The van der Waals surface area contributed by atoms with Crippen LogP contribution in [0.25, 0.3) is 5.69 Å². The van der Waals surface area contributed by atoms with Gasteiger partial charge in [-0.3, -0.25) is 4.79 Å². The van der Waals surface area contributed by atoms with E-state index in [2.05, 4.69) is 10.4 Å². The highest BCUT2D eigenvalue weighted by Gasteiger charge is 2.14. The van der Waals surface area contributed by atoms with Gasteiger partial charge in [0.05, 0.1) is 22.8 Å². The molecule has 22 heavy (non-hydrogen) atoms. The molecule has 1 aromatic carbocycles. The SMILES string of the molecule is CC=CC=CC(=O)Nc1c(C)nn(-c2ccc(C)cc2)c1C. The van der Waals surface area contributed by atoms with Crippen LogP contribution >= 0.6 is 0 Å². The highest BCUT2D eigenvalue weighted by molar-refractivity contribution is 6.00. The molecule has 1 aromatic heterocycles. The maximum atomic E-state index is 11.9. The van der Waals surface area contributed by atoms with Crippen molar-refractivity contribution in [3.05, 3.63) is 65.5 Å². The number of amides is 1. The van der Waals surface area contributed by atoms with Gasteiger partial charge in [-0.2, -0.15) is 5.10 Å². The van der Waals surface area contributed by atoms with Gasteiger partial charge in [0.1, 0.15) is 0 Å². The van der Waals surface area contributed by atoms with E-state index in [0.717, 1.165) is 22.8 Å². The molecule has 0 aliphatic heterocycles. The van der Waals surface area contributed by atoms with Crippen molar-refractivity contribution in [1.82, 2.24) is 9.78 Å². The summed E-state index contributed by atoms with van der Waals surface area (Å²) in [5, 5.41) is 7.42. The predicted molar refractivity (Wildman–Crippen MR) is 90.4 cm³/mol. The summed E-state index contributed by atoms with van der Waals surface area (Å²) in [5.41, 5.74) is 4.65. The topological polar surface area (TPSA) is 46.9 Å². The lowest BCUT2D eigenvalue weighted by molar-refractivity contribution is -0.111. The van der Waals surface area contributed by atoms with Crippen molar-refractivity contribution >= 4 is 11.6 Å². The van der Waals surface area contributed by atoms with E-state index in [9.17, 15) is 4.79 Å². The van der Waals surface area contributed by atoms with Gasteiger partial charge in [-0.15, -0.1) is 0 Å². The number of anilines is 1. The van der Waals surface area contributed by atoms with Crippen molar-refractivity contribution < 1.29 is 4.79 Å². The maximum absolute atomic E-state index is 11.9. The summed E-state index contributed by atoms with van der Waals surface area (Å²) in [6, 6.07) is 8.13. The molecule has 114 valence electrons. The molecule has 0 aliphatic carbocycles. The Balaban J connectivity index is 2.27. The standard InChI is InChI=1S/C18H21N3O/c1-5-6-7-8-17(22)19-18-14(3)20-21(15(18)4)16-11-9-13(2)10-12-16/h5-12H,1-4H3,(H,19,22). The summed E-state index contributed by atoms with van der Waals surface area (Å²) >= 11 is 0. The quantitative estimate of drug-likeness (QED) is 0.687. The first-order valence-electron chi connectivity index (χ1n) is 7.26. The summed E-state index contributed by atoms with van der Waals surface area (Å²) in [6.45, 7) is 7.80. The van der Waals surface area contributed by atoms with Crippen molar-refractivity contribution in [1.29, 1.82) is 0 Å². The Morgan fingerprint density at radius 2 is 1.82 bits per heavy atom. The second kappa shape index (κ2) is 6.89. The van der Waals surface area contributed by atoms with Crippen LogP contribution in [0.4, 0.5) is 5.69 Å². The molecule has 0 spiro atoms. The van der Waals surface area contributed by atoms with Crippen LogP contribution < -0.4 is 5.32 Å². The number of rotatable bonds is 4. The van der Waals surface area contributed by atoms with Gasteiger partial charge in [-0.05, 0) is 39.8 Å². The van der Waals surface area contributed by atoms with Crippen LogP contribution in [0.5, 0.6) is 0 Å². The highest BCUT2D eigenvalue weighted by Crippen LogP contribution is 2.23. The lowest BCUT2D eigenvalue weighted by Gasteiger charge is -2.06. The van der Waals surface area contributed by atoms with Gasteiger partial charge in [0.2, 0.25) is 5.91 Å². The molecule has 0 fully saturated rings. The van der Waals surface area contributed by atoms with E-state index in [1.54, 1.807) is 6.08 Å². The minimum atomic E-state index is -0.159. The molecule has 4 heteroatoms. The molecule has 1 heterocycles. The molecule has 1 N–H and O–H groups in total. The number of aryl methyl sites for hydroxylation is 2. The van der Waals surface area contributed by atoms with E-state index in [4.69, 9.17) is 0 Å². The zero-order valence-electron chi connectivity index (χ0n) is 13.4. The molecule has 0 radical (unpaired) electrons. The number of carbonyl (C=O) groups is 1. The Morgan fingerprint density at radius 3 is 2.45 bits per heavy atom. The molecular formula is C18H21N3O. The van der Waals surface area contributed by atoms with E-state index in [0.29, 0.717) is 0 Å². The number of nitrogens with zero attached hydrogens (tertiary/aromatic N) is 2. The minimum absolute atomic E-state index is 0.159. The average Bonchev–Trinajstić information content (AvgIpc) is 2.76. The van der Waals surface area contributed by atoms with Gasteiger partial charge in [-0.1, -0.05) is 35.9 Å². The van der Waals surface area contributed by atoms with Crippen molar-refractivity contribution in [3.63, 3.8) is 0 Å². The third-order valence-corrected chi connectivity index (χ3v) is 3.37. The Hall–Kier alpha value is -2.62. The number of aromatic nitrogens is 2. The smallest absolute Gasteiger partial charge is 0.248 e. The van der Waals surface area contributed by atoms with Crippen molar-refractivity contribution in [2.24, 2.45) is 0 Å². The number of hydrogen-bond donors (Lipinski definition) is 1. The normalized spacial score (nSPS) is 11.5. The molecule has 0 bridgehead atoms. The largest absolute Gasteiger partial charge is 0.319 e. The maximum Gasteiger partial charge on any atom is 0.248 e. The Morgan fingerprint density at radius 1 is 1.14 bits per heavy atom. The number of benzene rings is 1. The molecule has 1 amide bonds. The molecule has 0 aliphatic rings. The third kappa shape index (κ3) is 3.52. The fraction of sp³-hybridized carbons (Fsp3) is 0.222. The lowest BCUT2D eigenvalue weighted by atomic mass is 10.2. The van der Waals surface area contributed by atoms with Gasteiger partial charge in [-0.25, -0.2) is 4.68 Å². The van der Waals surface area contributed by atoms with Crippen LogP contribution in [0.1, 0.15) is 23.9 Å². The fourth-order valence-electron chi connectivity index (χ4n) is 2.18. The van der Waals surface area contributed by atoms with Crippen molar-refractivity contribution in [3.8, 4) is 5.69 Å². The number of hydrogen-bond acceptors (Lipinski definition) is 2. The van der Waals surface area contributed by atoms with Crippen LogP contribution in [0.2, 0.25) is 0 Å². The van der Waals surface area contributed by atoms with Gasteiger partial charge in [0.15, 0.2) is 0 Å². The molecule has 0 unspecified atom stereocenters. The van der Waals surface area contributed by atoms with Gasteiger partial charge < -0.3 is 5.32 Å². The zero-order chi connectivity index (χ0) is 16.1. The number of allylic oxidation sites excluding steroid dienone is 3. The molecule has 0 atom stereocenters. The third-order valence-electron chi connectivity index (χ3n) is 3.37. The lowest BCUT2D eigenvalue weighted by Crippen LogP contribution is -2.09. The van der Waals surface area contributed by atoms with Crippen molar-refractivity contribution in [2.75, 3.05) is 5.32 Å². The molecule has 0 saturated heterocycles. The summed E-state index contributed by atoms with van der Waals surface area (Å²) in [4.78, 5) is 11.9. The van der Waals surface area contributed by atoms with E-state index in [1.807, 2.05) is 68.8 Å². The van der Waals surface area contributed by atoms with E-state index >= 15 is 0 Å². The summed E-state index contributed by atoms with van der Waals surface area (Å²) in [7, 11) is 0. The first kappa shape index (κ1) is 15.8. The summed E-state index contributed by atoms with van der Waals surface area (Å²) in [5.74, 6) is -0.159. The monoisotopic (exact) mass is 295 g/mol. The molecule has 4 nitrogen and oxygen atoms in total. The molecule has 0 saturated carbocycles. The second-order valence-corrected chi connectivity index (χ2v) is 5.17. The molecular weight excluding hydrogens is 274 g/mol. The van der Waals surface area contributed by atoms with Crippen LogP contribution in [-0.4, -0.2) is 15.7 Å². The molecule has 2 aromatic rings. The van der Waals surface area contributed by atoms with Crippen molar-refractivity contribution in [2.45, 2.75) is 27.7 Å². The van der Waals surface area contributed by atoms with Gasteiger partial charge in [0.25, 0.3) is 0 Å². The summed E-state index contributed by atoms with van der Waals surface area (Å²) in [6.07, 6.45) is 6.90. The van der Waals surface area contributed by atoms with E-state index in [1.165, 1.54) is 11.6 Å². The minimum Gasteiger partial charge on any atom is -0.319 e. The van der Waals surface area contributed by atoms with E-state index in [-0.39, 0.29) is 5.91 Å². The van der Waals surface area contributed by atoms with E-state index < -0.39 is 0 Å². The highest BCUT2D eigenvalue weighted by atomic mass is 16.1. The fourth-order valence-corrected chi connectivity index (χ4v) is 2.18. The Bertz CT molecular complexity index is 722. The van der Waals surface area contributed by atoms with Crippen LogP contribution in [0, 0.1) is 20.8 Å². The number of nitrogens with one attached hydrogen (secondary N) is 1. The number of carbonyl (C=O) groups excluding carboxylic acids is 1. The van der Waals surface area contributed by atoms with Crippen LogP contribution in [0.15, 0.2) is 48.6 Å². The van der Waals surface area contributed by atoms with Gasteiger partial charge >= 0.3 is 0 Å². The molecule has 2 rings (SSSR count). The summed E-state index contributed by atoms with van der Waals surface area (Å²) < 4.78 is 1.85.